The number of methoxy groups -OCH3 is 1. The lowest BCUT2D eigenvalue weighted by Gasteiger charge is -2.29. The number of aromatic nitrogens is 2. The molecule has 0 spiro atoms. The third-order valence-electron chi connectivity index (χ3n) is 7.20. The zero-order valence-electron chi connectivity index (χ0n) is 22.2. The van der Waals surface area contributed by atoms with E-state index in [9.17, 15) is 4.79 Å². The fraction of sp³-hybridized carbons (Fsp3) is 0.233. The largest absolute Gasteiger partial charge is 0.375 e. The third kappa shape index (κ3) is 5.03. The van der Waals surface area contributed by atoms with Gasteiger partial charge in [0.05, 0.1) is 28.5 Å². The number of carbonyl (C=O) groups excluding carboxylic acids is 1. The Morgan fingerprint density at radius 2 is 1.79 bits per heavy atom. The van der Waals surface area contributed by atoms with Gasteiger partial charge in [-0.15, -0.1) is 0 Å². The second-order valence-electron chi connectivity index (χ2n) is 9.52. The van der Waals surface area contributed by atoms with E-state index in [1.165, 1.54) is 23.9 Å². The molecule has 2 atom stereocenters. The van der Waals surface area contributed by atoms with E-state index >= 15 is 0 Å². The second kappa shape index (κ2) is 11.2. The summed E-state index contributed by atoms with van der Waals surface area (Å²) in [7, 11) is 1.47. The Bertz CT molecular complexity index is 1520. The Morgan fingerprint density at radius 1 is 1.05 bits per heavy atom. The Balaban J connectivity index is 1.64. The van der Waals surface area contributed by atoms with Crippen molar-refractivity contribution < 1.29 is 9.53 Å². The molecule has 0 unspecified atom stereocenters. The molecular formula is C30H30ClN5O2S. The van der Waals surface area contributed by atoms with Crippen LogP contribution in [0.5, 0.6) is 0 Å². The first-order chi connectivity index (χ1) is 18.8. The monoisotopic (exact) mass is 559 g/mol. The average molecular weight is 560 g/mol. The van der Waals surface area contributed by atoms with Crippen LogP contribution in [0.1, 0.15) is 40.3 Å². The van der Waals surface area contributed by atoms with Crippen LogP contribution in [0, 0.1) is 20.8 Å². The number of hydrogen-bond acceptors (Lipinski definition) is 4. The van der Waals surface area contributed by atoms with Crippen molar-refractivity contribution in [3.63, 3.8) is 0 Å². The Hall–Kier alpha value is -3.72. The maximum absolute atomic E-state index is 12.1. The molecule has 2 aromatic heterocycles. The van der Waals surface area contributed by atoms with Gasteiger partial charge in [0.25, 0.3) is 0 Å². The van der Waals surface area contributed by atoms with Crippen molar-refractivity contribution in [1.29, 1.82) is 0 Å². The van der Waals surface area contributed by atoms with Crippen molar-refractivity contribution in [3.05, 3.63) is 106 Å². The highest BCUT2D eigenvalue weighted by Crippen LogP contribution is 2.46. The van der Waals surface area contributed by atoms with Gasteiger partial charge in [-0.2, -0.15) is 0 Å². The summed E-state index contributed by atoms with van der Waals surface area (Å²) in [5.74, 6) is -0.275. The average Bonchev–Trinajstić information content (AvgIpc) is 3.38. The van der Waals surface area contributed by atoms with E-state index in [0.717, 1.165) is 22.8 Å². The molecule has 5 rings (SSSR count). The summed E-state index contributed by atoms with van der Waals surface area (Å²) in [5, 5.41) is 7.30. The predicted molar refractivity (Wildman–Crippen MR) is 160 cm³/mol. The smallest absolute Gasteiger partial charge is 0.250 e. The normalized spacial score (nSPS) is 16.8. The topological polar surface area (TPSA) is 71.4 Å². The van der Waals surface area contributed by atoms with Gasteiger partial charge in [-0.25, -0.2) is 0 Å². The molecule has 1 aliphatic heterocycles. The molecule has 2 N–H and O–H groups in total. The molecule has 9 heteroatoms. The third-order valence-corrected chi connectivity index (χ3v) is 7.82. The molecule has 1 saturated heterocycles. The van der Waals surface area contributed by atoms with Crippen molar-refractivity contribution in [3.8, 4) is 5.69 Å². The molecule has 2 aromatic carbocycles. The molecule has 4 aromatic rings. The van der Waals surface area contributed by atoms with E-state index in [0.29, 0.717) is 15.8 Å². The lowest BCUT2D eigenvalue weighted by molar-refractivity contribution is -0.119. The first-order valence-corrected chi connectivity index (χ1v) is 13.4. The number of thiocarbonyl (C=S) groups is 1. The lowest BCUT2D eigenvalue weighted by Crippen LogP contribution is -2.30. The fourth-order valence-electron chi connectivity index (χ4n) is 5.40. The highest BCUT2D eigenvalue weighted by molar-refractivity contribution is 7.80. The van der Waals surface area contributed by atoms with Crippen molar-refractivity contribution in [1.82, 2.24) is 14.9 Å². The van der Waals surface area contributed by atoms with Gasteiger partial charge in [0, 0.05) is 41.6 Å². The fourth-order valence-corrected chi connectivity index (χ4v) is 5.97. The number of benzene rings is 2. The van der Waals surface area contributed by atoms with Crippen LogP contribution in [0.15, 0.2) is 72.9 Å². The molecule has 7 nitrogen and oxygen atoms in total. The summed E-state index contributed by atoms with van der Waals surface area (Å²) in [6, 6.07) is 21.4. The number of halogens is 1. The summed E-state index contributed by atoms with van der Waals surface area (Å²) in [6.07, 6.45) is 1.80. The van der Waals surface area contributed by atoms with Crippen LogP contribution in [0.25, 0.3) is 5.69 Å². The molecule has 1 amide bonds. The number of rotatable bonds is 7. The van der Waals surface area contributed by atoms with Crippen molar-refractivity contribution in [2.75, 3.05) is 23.9 Å². The van der Waals surface area contributed by atoms with E-state index in [1.54, 1.807) is 12.3 Å². The van der Waals surface area contributed by atoms with E-state index < -0.39 is 0 Å². The maximum Gasteiger partial charge on any atom is 0.250 e. The van der Waals surface area contributed by atoms with Gasteiger partial charge in [-0.1, -0.05) is 35.9 Å². The molecule has 1 fully saturated rings. The zero-order chi connectivity index (χ0) is 27.7. The molecule has 0 bridgehead atoms. The molecule has 1 aliphatic rings. The molecule has 3 heterocycles. The van der Waals surface area contributed by atoms with Gasteiger partial charge >= 0.3 is 0 Å². The Labute approximate surface area is 238 Å². The van der Waals surface area contributed by atoms with Gasteiger partial charge in [0.15, 0.2) is 5.11 Å². The van der Waals surface area contributed by atoms with Crippen molar-refractivity contribution >= 4 is 46.2 Å². The summed E-state index contributed by atoms with van der Waals surface area (Å²) in [6.45, 7) is 6.41. The minimum atomic E-state index is -0.275. The van der Waals surface area contributed by atoms with Crippen LogP contribution in [-0.4, -0.2) is 34.3 Å². The minimum absolute atomic E-state index is 0.0532. The number of pyridine rings is 1. The zero-order valence-corrected chi connectivity index (χ0v) is 23.8. The predicted octanol–water partition coefficient (Wildman–Crippen LogP) is 6.21. The quantitative estimate of drug-likeness (QED) is 0.262. The number of amides is 1. The number of para-hydroxylation sites is 1. The van der Waals surface area contributed by atoms with Crippen molar-refractivity contribution in [2.24, 2.45) is 0 Å². The van der Waals surface area contributed by atoms with Gasteiger partial charge < -0.3 is 24.8 Å². The minimum Gasteiger partial charge on any atom is -0.375 e. The first-order valence-electron chi connectivity index (χ1n) is 12.6. The molecule has 39 heavy (non-hydrogen) atoms. The van der Waals surface area contributed by atoms with E-state index in [1.807, 2.05) is 48.5 Å². The van der Waals surface area contributed by atoms with Crippen LogP contribution < -0.4 is 15.5 Å². The Morgan fingerprint density at radius 3 is 2.46 bits per heavy atom. The first kappa shape index (κ1) is 26.9. The number of carbonyl (C=O) groups is 1. The second-order valence-corrected chi connectivity index (χ2v) is 10.3. The standard InChI is InChI=1S/C30H30ClN5O2S/c1-18-19(2)35(21-10-6-5-7-11-21)20(3)27(18)29-28(25-12-8-9-15-32-25)34-30(39)36(29)22-13-14-24(23(31)16-22)33-26(37)17-38-4/h5-16,28-29H,17H2,1-4H3,(H,33,37)(H,34,39)/t28-,29-/m0/s1. The van der Waals surface area contributed by atoms with Gasteiger partial charge in [0.2, 0.25) is 5.91 Å². The SMILES string of the molecule is COCC(=O)Nc1ccc(N2C(=S)N[C@@H](c3ccccn3)[C@@H]2c2c(C)c(C)n(-c3ccccc3)c2C)cc1Cl. The molecular weight excluding hydrogens is 530 g/mol. The van der Waals surface area contributed by atoms with E-state index in [-0.39, 0.29) is 24.6 Å². The molecule has 0 aliphatic carbocycles. The molecule has 0 radical (unpaired) electrons. The lowest BCUT2D eigenvalue weighted by atomic mass is 9.93. The molecule has 200 valence electrons. The molecule has 0 saturated carbocycles. The summed E-state index contributed by atoms with van der Waals surface area (Å²) >= 11 is 12.6. The number of ether oxygens (including phenoxy) is 1. The highest BCUT2D eigenvalue weighted by Gasteiger charge is 2.43. The van der Waals surface area contributed by atoms with Gasteiger partial charge in [-0.05, 0) is 81.0 Å². The summed E-state index contributed by atoms with van der Waals surface area (Å²) < 4.78 is 7.21. The van der Waals surface area contributed by atoms with Gasteiger partial charge in [-0.3, -0.25) is 9.78 Å². The van der Waals surface area contributed by atoms with Crippen LogP contribution >= 0.6 is 23.8 Å². The van der Waals surface area contributed by atoms with Gasteiger partial charge in [0.1, 0.15) is 6.61 Å². The number of hydrogen-bond donors (Lipinski definition) is 2. The van der Waals surface area contributed by atoms with E-state index in [4.69, 9.17) is 28.6 Å². The highest BCUT2D eigenvalue weighted by atomic mass is 35.5. The Kier molecular flexibility index (Phi) is 7.70. The number of anilines is 2. The van der Waals surface area contributed by atoms with Crippen LogP contribution in [-0.2, 0) is 9.53 Å². The van der Waals surface area contributed by atoms with Crippen molar-refractivity contribution in [2.45, 2.75) is 32.9 Å². The van der Waals surface area contributed by atoms with Crippen LogP contribution in [0.4, 0.5) is 11.4 Å². The summed E-state index contributed by atoms with van der Waals surface area (Å²) in [4.78, 5) is 18.9. The van der Waals surface area contributed by atoms with Crippen LogP contribution in [0.3, 0.4) is 0 Å². The maximum atomic E-state index is 12.1. The summed E-state index contributed by atoms with van der Waals surface area (Å²) in [5.41, 5.74) is 7.99. The number of nitrogens with one attached hydrogen (secondary N) is 2. The van der Waals surface area contributed by atoms with E-state index in [2.05, 4.69) is 58.0 Å². The van der Waals surface area contributed by atoms with Crippen LogP contribution in [0.2, 0.25) is 5.02 Å². The number of nitrogens with zero attached hydrogens (tertiary/aromatic N) is 3.